The van der Waals surface area contributed by atoms with E-state index in [1.54, 1.807) is 24.3 Å². The summed E-state index contributed by atoms with van der Waals surface area (Å²) >= 11 is 0. The molecule has 64 valence electrons. The highest BCUT2D eigenvalue weighted by Gasteiger charge is 2.03. The molecule has 1 rings (SSSR count). The molecule has 0 bridgehead atoms. The predicted octanol–water partition coefficient (Wildman–Crippen LogP) is 0.354. The van der Waals surface area contributed by atoms with Crippen molar-refractivity contribution in [3.8, 4) is 0 Å². The lowest BCUT2D eigenvalue weighted by atomic mass is 10.1. The van der Waals surface area contributed by atoms with Gasteiger partial charge in [-0.05, 0) is 11.6 Å². The van der Waals surface area contributed by atoms with Crippen LogP contribution in [0, 0.1) is 0 Å². The summed E-state index contributed by atoms with van der Waals surface area (Å²) in [6.45, 7) is -0.582. The summed E-state index contributed by atoms with van der Waals surface area (Å²) in [5.74, 6) is -0.328. The van der Waals surface area contributed by atoms with Gasteiger partial charge in [-0.1, -0.05) is 18.2 Å². The zero-order valence-corrected chi connectivity index (χ0v) is 6.53. The average Bonchev–Trinajstić information content (AvgIpc) is 2.17. The Morgan fingerprint density at radius 2 is 2.08 bits per heavy atom. The number of ketones is 1. The summed E-state index contributed by atoms with van der Waals surface area (Å²) in [4.78, 5) is 10.9. The van der Waals surface area contributed by atoms with Gasteiger partial charge in [0.05, 0.1) is 6.61 Å². The van der Waals surface area contributed by atoms with Crippen LogP contribution in [-0.4, -0.2) is 22.6 Å². The number of hydrogen-bond acceptors (Lipinski definition) is 3. The molecule has 0 spiro atoms. The molecule has 0 atom stereocenters. The van der Waals surface area contributed by atoms with Crippen LogP contribution in [0.4, 0.5) is 0 Å². The van der Waals surface area contributed by atoms with Crippen molar-refractivity contribution in [2.75, 3.05) is 6.61 Å². The van der Waals surface area contributed by atoms with Gasteiger partial charge in [0.2, 0.25) is 0 Å². The van der Waals surface area contributed by atoms with E-state index >= 15 is 0 Å². The molecule has 0 saturated heterocycles. The second-order valence-corrected chi connectivity index (χ2v) is 2.44. The number of carbonyl (C=O) groups is 1. The van der Waals surface area contributed by atoms with E-state index in [9.17, 15) is 4.79 Å². The van der Waals surface area contributed by atoms with E-state index in [2.05, 4.69) is 0 Å². The van der Waals surface area contributed by atoms with Gasteiger partial charge in [-0.2, -0.15) is 0 Å². The fourth-order valence-corrected chi connectivity index (χ4v) is 0.934. The summed E-state index contributed by atoms with van der Waals surface area (Å²) in [6, 6.07) is 6.57. The molecule has 1 aromatic rings. The summed E-state index contributed by atoms with van der Waals surface area (Å²) in [7, 11) is 0. The predicted molar refractivity (Wildman–Crippen MR) is 43.8 cm³/mol. The standard InChI is InChI=1S/C9H10O3/c10-5-7-2-1-3-8(4-7)9(12)6-11/h1-4,10-11H,5-6H2. The van der Waals surface area contributed by atoms with Gasteiger partial charge in [0.1, 0.15) is 6.61 Å². The van der Waals surface area contributed by atoms with Crippen LogP contribution in [0.3, 0.4) is 0 Å². The van der Waals surface area contributed by atoms with Gasteiger partial charge in [0, 0.05) is 5.56 Å². The van der Waals surface area contributed by atoms with Crippen molar-refractivity contribution in [3.63, 3.8) is 0 Å². The topological polar surface area (TPSA) is 57.5 Å². The van der Waals surface area contributed by atoms with E-state index in [4.69, 9.17) is 10.2 Å². The molecule has 12 heavy (non-hydrogen) atoms. The summed E-state index contributed by atoms with van der Waals surface area (Å²) in [5, 5.41) is 17.3. The van der Waals surface area contributed by atoms with Crippen molar-refractivity contribution < 1.29 is 15.0 Å². The van der Waals surface area contributed by atoms with Gasteiger partial charge in [-0.15, -0.1) is 0 Å². The number of aliphatic hydroxyl groups excluding tert-OH is 2. The fourth-order valence-electron chi connectivity index (χ4n) is 0.934. The van der Waals surface area contributed by atoms with Crippen LogP contribution < -0.4 is 0 Å². The molecular formula is C9H10O3. The maximum atomic E-state index is 10.9. The van der Waals surface area contributed by atoms with E-state index in [1.165, 1.54) is 0 Å². The fraction of sp³-hybridized carbons (Fsp3) is 0.222. The van der Waals surface area contributed by atoms with Gasteiger partial charge in [0.25, 0.3) is 0 Å². The third-order valence-corrected chi connectivity index (χ3v) is 1.58. The first-order chi connectivity index (χ1) is 5.77. The highest BCUT2D eigenvalue weighted by Crippen LogP contribution is 2.05. The number of carbonyl (C=O) groups excluding carboxylic acids is 1. The molecule has 3 nitrogen and oxygen atoms in total. The molecule has 0 aliphatic carbocycles. The largest absolute Gasteiger partial charge is 0.392 e. The summed E-state index contributed by atoms with van der Waals surface area (Å²) < 4.78 is 0. The van der Waals surface area contributed by atoms with Crippen LogP contribution in [0.2, 0.25) is 0 Å². The molecule has 0 amide bonds. The lowest BCUT2D eigenvalue weighted by molar-refractivity contribution is 0.0903. The van der Waals surface area contributed by atoms with Gasteiger partial charge >= 0.3 is 0 Å². The van der Waals surface area contributed by atoms with E-state index < -0.39 is 6.61 Å². The number of rotatable bonds is 3. The molecule has 0 aliphatic heterocycles. The van der Waals surface area contributed by atoms with Crippen LogP contribution in [0.25, 0.3) is 0 Å². The minimum atomic E-state index is -0.491. The maximum Gasteiger partial charge on any atom is 0.188 e. The Labute approximate surface area is 70.3 Å². The SMILES string of the molecule is O=C(CO)c1cccc(CO)c1. The van der Waals surface area contributed by atoms with Crippen LogP contribution in [0.1, 0.15) is 15.9 Å². The Morgan fingerprint density at radius 1 is 1.33 bits per heavy atom. The smallest absolute Gasteiger partial charge is 0.188 e. The van der Waals surface area contributed by atoms with E-state index in [0.29, 0.717) is 11.1 Å². The second kappa shape index (κ2) is 3.99. The van der Waals surface area contributed by atoms with Crippen LogP contribution >= 0.6 is 0 Å². The van der Waals surface area contributed by atoms with Crippen molar-refractivity contribution in [1.82, 2.24) is 0 Å². The molecule has 0 saturated carbocycles. The molecule has 0 fully saturated rings. The van der Waals surface area contributed by atoms with Crippen molar-refractivity contribution >= 4 is 5.78 Å². The van der Waals surface area contributed by atoms with Gasteiger partial charge in [0.15, 0.2) is 5.78 Å². The Hall–Kier alpha value is -1.19. The molecular weight excluding hydrogens is 156 g/mol. The molecule has 2 N–H and O–H groups in total. The first kappa shape index (κ1) is 8.90. The Balaban J connectivity index is 2.93. The highest BCUT2D eigenvalue weighted by atomic mass is 16.3. The first-order valence-corrected chi connectivity index (χ1v) is 3.62. The quantitative estimate of drug-likeness (QED) is 0.637. The average molecular weight is 166 g/mol. The monoisotopic (exact) mass is 166 g/mol. The number of aliphatic hydroxyl groups is 2. The molecule has 0 radical (unpaired) electrons. The van der Waals surface area contributed by atoms with Crippen LogP contribution in [0.5, 0.6) is 0 Å². The van der Waals surface area contributed by atoms with E-state index in [1.807, 2.05) is 0 Å². The van der Waals surface area contributed by atoms with Crippen molar-refractivity contribution in [3.05, 3.63) is 35.4 Å². The van der Waals surface area contributed by atoms with Crippen molar-refractivity contribution in [2.45, 2.75) is 6.61 Å². The third kappa shape index (κ3) is 1.90. The van der Waals surface area contributed by atoms with Crippen molar-refractivity contribution in [2.24, 2.45) is 0 Å². The molecule has 0 heterocycles. The molecule has 0 aromatic heterocycles. The lowest BCUT2D eigenvalue weighted by Crippen LogP contribution is -2.04. The second-order valence-electron chi connectivity index (χ2n) is 2.44. The minimum absolute atomic E-state index is 0.0907. The zero-order chi connectivity index (χ0) is 8.97. The third-order valence-electron chi connectivity index (χ3n) is 1.58. The van der Waals surface area contributed by atoms with Crippen LogP contribution in [-0.2, 0) is 6.61 Å². The van der Waals surface area contributed by atoms with Crippen molar-refractivity contribution in [1.29, 1.82) is 0 Å². The normalized spacial score (nSPS) is 9.83. The van der Waals surface area contributed by atoms with Gasteiger partial charge < -0.3 is 10.2 Å². The molecule has 3 heteroatoms. The van der Waals surface area contributed by atoms with Gasteiger partial charge in [-0.3, -0.25) is 4.79 Å². The summed E-state index contributed by atoms with van der Waals surface area (Å²) in [6.07, 6.45) is 0. The maximum absolute atomic E-state index is 10.9. The number of hydrogen-bond donors (Lipinski definition) is 2. The lowest BCUT2D eigenvalue weighted by Gasteiger charge is -1.99. The first-order valence-electron chi connectivity index (χ1n) is 3.62. The summed E-state index contributed by atoms with van der Waals surface area (Å²) in [5.41, 5.74) is 1.11. The number of Topliss-reactive ketones (excluding diaryl/α,β-unsaturated/α-hetero) is 1. The Bertz CT molecular complexity index is 281. The van der Waals surface area contributed by atoms with Crippen LogP contribution in [0.15, 0.2) is 24.3 Å². The number of benzene rings is 1. The van der Waals surface area contributed by atoms with Gasteiger partial charge in [-0.25, -0.2) is 0 Å². The minimum Gasteiger partial charge on any atom is -0.392 e. The molecule has 0 aliphatic rings. The highest BCUT2D eigenvalue weighted by molar-refractivity contribution is 5.97. The Morgan fingerprint density at radius 3 is 2.67 bits per heavy atom. The Kier molecular flexibility index (Phi) is 2.96. The molecule has 1 aromatic carbocycles. The zero-order valence-electron chi connectivity index (χ0n) is 6.53. The van der Waals surface area contributed by atoms with E-state index in [-0.39, 0.29) is 12.4 Å². The molecule has 0 unspecified atom stereocenters. The van der Waals surface area contributed by atoms with E-state index in [0.717, 1.165) is 0 Å².